The number of rotatable bonds is 10. The second-order valence-corrected chi connectivity index (χ2v) is 9.69. The zero-order valence-corrected chi connectivity index (χ0v) is 23.2. The summed E-state index contributed by atoms with van der Waals surface area (Å²) in [5.41, 5.74) is 3.60. The van der Waals surface area contributed by atoms with Crippen LogP contribution in [0, 0.1) is 0 Å². The van der Waals surface area contributed by atoms with E-state index in [9.17, 15) is 18.0 Å². The van der Waals surface area contributed by atoms with Gasteiger partial charge in [0.05, 0.1) is 23.6 Å². The highest BCUT2D eigenvalue weighted by atomic mass is 19.4. The Balaban J connectivity index is 1.58. The van der Waals surface area contributed by atoms with E-state index in [1.807, 2.05) is 55.5 Å². The molecule has 5 rings (SSSR count). The van der Waals surface area contributed by atoms with Gasteiger partial charge < -0.3 is 4.74 Å². The maximum absolute atomic E-state index is 14.0. The zero-order valence-electron chi connectivity index (χ0n) is 23.2. The summed E-state index contributed by atoms with van der Waals surface area (Å²) < 4.78 is 48.4. The van der Waals surface area contributed by atoms with Crippen molar-refractivity contribution >= 4 is 5.97 Å². The predicted octanol–water partition coefficient (Wildman–Crippen LogP) is 6.85. The van der Waals surface area contributed by atoms with Crippen molar-refractivity contribution in [3.8, 4) is 28.2 Å². The predicted molar refractivity (Wildman–Crippen MR) is 151 cm³/mol. The molecule has 0 aliphatic heterocycles. The number of ether oxygens (including phenoxy) is 1. The van der Waals surface area contributed by atoms with Crippen LogP contribution in [-0.2, 0) is 23.8 Å². The van der Waals surface area contributed by atoms with Crippen molar-refractivity contribution in [2.75, 3.05) is 6.61 Å². The summed E-state index contributed by atoms with van der Waals surface area (Å²) in [6.45, 7) is 3.75. The Labute approximate surface area is 240 Å². The fourth-order valence-electron chi connectivity index (χ4n) is 4.93. The molecule has 0 spiro atoms. The molecule has 1 N–H and O–H groups in total. The molecule has 0 unspecified atom stereocenters. The number of hydrogen-bond acceptors (Lipinski definition) is 6. The number of aryl methyl sites for hydroxylation is 1. The van der Waals surface area contributed by atoms with Gasteiger partial charge >= 0.3 is 12.1 Å². The van der Waals surface area contributed by atoms with Gasteiger partial charge in [-0.1, -0.05) is 74.0 Å². The van der Waals surface area contributed by atoms with Crippen molar-refractivity contribution in [3.05, 3.63) is 101 Å². The van der Waals surface area contributed by atoms with Crippen molar-refractivity contribution < 1.29 is 22.7 Å². The monoisotopic (exact) mass is 574 g/mol. The van der Waals surface area contributed by atoms with E-state index in [4.69, 9.17) is 4.74 Å². The summed E-state index contributed by atoms with van der Waals surface area (Å²) in [6.07, 6.45) is -2.22. The lowest BCUT2D eigenvalue weighted by molar-refractivity contribution is -0.137. The number of unbranched alkanes of at least 4 members (excludes halogenated alkanes) is 1. The van der Waals surface area contributed by atoms with Gasteiger partial charge in [-0.25, -0.2) is 14.6 Å². The first-order valence-corrected chi connectivity index (χ1v) is 13.7. The molecular weight excluding hydrogens is 545 g/mol. The molecule has 0 bridgehead atoms. The summed E-state index contributed by atoms with van der Waals surface area (Å²) >= 11 is 0. The maximum atomic E-state index is 14.0. The lowest BCUT2D eigenvalue weighted by Crippen LogP contribution is -2.17. The quantitative estimate of drug-likeness (QED) is 0.183. The minimum Gasteiger partial charge on any atom is -0.461 e. The Hall–Kier alpha value is -4.80. The number of halogens is 3. The summed E-state index contributed by atoms with van der Waals surface area (Å²) in [6, 6.07) is 20.6. The number of carbonyl (C=O) groups is 1. The molecule has 2 aromatic heterocycles. The molecule has 0 atom stereocenters. The Morgan fingerprint density at radius 1 is 0.952 bits per heavy atom. The van der Waals surface area contributed by atoms with Crippen LogP contribution in [0.4, 0.5) is 13.2 Å². The van der Waals surface area contributed by atoms with Gasteiger partial charge in [0.15, 0.2) is 11.5 Å². The van der Waals surface area contributed by atoms with E-state index < -0.39 is 17.7 Å². The minimum absolute atomic E-state index is 0.00638. The third-order valence-electron chi connectivity index (χ3n) is 6.91. The highest BCUT2D eigenvalue weighted by molar-refractivity contribution is 5.90. The molecule has 216 valence electrons. The molecule has 0 aliphatic rings. The molecule has 8 nitrogen and oxygen atoms in total. The van der Waals surface area contributed by atoms with Crippen LogP contribution in [0.2, 0.25) is 0 Å². The summed E-state index contributed by atoms with van der Waals surface area (Å²) in [4.78, 5) is 13.3. The highest BCUT2D eigenvalue weighted by Gasteiger charge is 2.36. The molecule has 0 aliphatic carbocycles. The van der Waals surface area contributed by atoms with Crippen molar-refractivity contribution in [1.29, 1.82) is 0 Å². The summed E-state index contributed by atoms with van der Waals surface area (Å²) in [7, 11) is 0. The van der Waals surface area contributed by atoms with E-state index >= 15 is 0 Å². The number of H-pyrrole nitrogens is 1. The van der Waals surface area contributed by atoms with Crippen LogP contribution in [0.15, 0.2) is 72.8 Å². The number of hydrogen-bond donors (Lipinski definition) is 1. The Morgan fingerprint density at radius 3 is 2.33 bits per heavy atom. The van der Waals surface area contributed by atoms with Crippen molar-refractivity contribution in [2.45, 2.75) is 45.7 Å². The van der Waals surface area contributed by atoms with E-state index in [-0.39, 0.29) is 24.4 Å². The first kappa shape index (κ1) is 28.7. The smallest absolute Gasteiger partial charge is 0.418 e. The topological polar surface area (TPSA) is 98.6 Å². The molecule has 3 aromatic carbocycles. The lowest BCUT2D eigenvalue weighted by Gasteiger charge is -2.15. The van der Waals surface area contributed by atoms with Gasteiger partial charge in [0.25, 0.3) is 0 Å². The number of nitrogens with zero attached hydrogens (tertiary/aromatic N) is 5. The average molecular weight is 575 g/mol. The molecule has 11 heteroatoms. The van der Waals surface area contributed by atoms with Crippen molar-refractivity contribution in [2.24, 2.45) is 0 Å². The third-order valence-corrected chi connectivity index (χ3v) is 6.91. The second kappa shape index (κ2) is 12.4. The zero-order chi connectivity index (χ0) is 29.7. The van der Waals surface area contributed by atoms with Crippen LogP contribution in [0.1, 0.15) is 59.6 Å². The Kier molecular flexibility index (Phi) is 8.46. The molecule has 0 radical (unpaired) electrons. The molecular formula is C31H29F3N6O2. The number of carbonyl (C=O) groups excluding carboxylic acids is 1. The van der Waals surface area contributed by atoms with Crippen LogP contribution in [0.25, 0.3) is 28.2 Å². The molecule has 42 heavy (non-hydrogen) atoms. The molecule has 2 heterocycles. The number of tetrazole rings is 1. The fraction of sp³-hybridized carbons (Fsp3) is 0.258. The number of para-hydroxylation sites is 1. The van der Waals surface area contributed by atoms with Crippen LogP contribution in [0.5, 0.6) is 0 Å². The maximum Gasteiger partial charge on any atom is 0.418 e. The van der Waals surface area contributed by atoms with Gasteiger partial charge in [0.1, 0.15) is 0 Å². The normalized spacial score (nSPS) is 11.5. The van der Waals surface area contributed by atoms with Gasteiger partial charge in [0, 0.05) is 17.5 Å². The minimum atomic E-state index is -4.63. The average Bonchev–Trinajstić information content (AvgIpc) is 3.65. The number of aromatic amines is 1. The Bertz CT molecular complexity index is 1660. The van der Waals surface area contributed by atoms with Crippen LogP contribution in [-0.4, -0.2) is 43.0 Å². The standard InChI is InChI=1S/C31H29F3N6O2/c1-3-5-13-26-24(28(30(41)42-4-2)40(37-26)27-14-9-8-12-25(27)31(32,33)34)19-20-15-17-21(18-16-20)22-10-6-7-11-23(22)29-35-38-39-36-29/h6-12,14-18H,3-5,13,19H2,1-2H3,(H,35,36,38,39). The molecule has 0 saturated carbocycles. The third kappa shape index (κ3) is 5.95. The SMILES string of the molecule is CCCCc1nn(-c2ccccc2C(F)(F)F)c(C(=O)OCC)c1Cc1ccc(-c2ccccc2-c2nnn[nH]2)cc1. The number of alkyl halides is 3. The first-order valence-electron chi connectivity index (χ1n) is 13.7. The van der Waals surface area contributed by atoms with Crippen LogP contribution in [0.3, 0.4) is 0 Å². The fourth-order valence-corrected chi connectivity index (χ4v) is 4.93. The molecule has 0 saturated heterocycles. The number of nitrogens with one attached hydrogen (secondary N) is 1. The lowest BCUT2D eigenvalue weighted by atomic mass is 9.95. The summed E-state index contributed by atoms with van der Waals surface area (Å²) in [5.74, 6) is -0.174. The van der Waals surface area contributed by atoms with E-state index in [1.54, 1.807) is 6.92 Å². The first-order chi connectivity index (χ1) is 20.3. The Morgan fingerprint density at radius 2 is 1.67 bits per heavy atom. The van der Waals surface area contributed by atoms with Crippen LogP contribution >= 0.6 is 0 Å². The summed E-state index contributed by atoms with van der Waals surface area (Å²) in [5, 5.41) is 18.8. The van der Waals surface area contributed by atoms with Gasteiger partial charge in [-0.3, -0.25) is 0 Å². The van der Waals surface area contributed by atoms with E-state index in [0.29, 0.717) is 23.5 Å². The van der Waals surface area contributed by atoms with Gasteiger partial charge in [0.2, 0.25) is 0 Å². The number of benzene rings is 3. The van der Waals surface area contributed by atoms with E-state index in [2.05, 4.69) is 25.7 Å². The van der Waals surface area contributed by atoms with E-state index in [0.717, 1.165) is 45.8 Å². The number of aromatic nitrogens is 6. The van der Waals surface area contributed by atoms with Crippen LogP contribution < -0.4 is 0 Å². The van der Waals surface area contributed by atoms with Gasteiger partial charge in [-0.15, -0.1) is 5.10 Å². The second-order valence-electron chi connectivity index (χ2n) is 9.69. The van der Waals surface area contributed by atoms with Crippen molar-refractivity contribution in [1.82, 2.24) is 30.4 Å². The van der Waals surface area contributed by atoms with Gasteiger partial charge in [-0.05, 0) is 59.0 Å². The highest BCUT2D eigenvalue weighted by Crippen LogP contribution is 2.36. The number of esters is 1. The van der Waals surface area contributed by atoms with Gasteiger partial charge in [-0.2, -0.15) is 18.3 Å². The van der Waals surface area contributed by atoms with Crippen molar-refractivity contribution in [3.63, 3.8) is 0 Å². The molecule has 0 fully saturated rings. The molecule has 5 aromatic rings. The largest absolute Gasteiger partial charge is 0.461 e. The molecule has 0 amide bonds. The van der Waals surface area contributed by atoms with E-state index in [1.165, 1.54) is 18.2 Å².